The van der Waals surface area contributed by atoms with Gasteiger partial charge in [0.1, 0.15) is 18.8 Å². The molecule has 1 amide bonds. The molecule has 2 heterocycles. The van der Waals surface area contributed by atoms with Crippen LogP contribution < -0.4 is 10.0 Å². The van der Waals surface area contributed by atoms with E-state index in [1.807, 2.05) is 0 Å². The number of carbonyl (C=O) groups is 2. The molecule has 2 aromatic heterocycles. The van der Waals surface area contributed by atoms with Crippen molar-refractivity contribution in [1.29, 1.82) is 0 Å². The first-order valence-electron chi connectivity index (χ1n) is 9.98. The van der Waals surface area contributed by atoms with Gasteiger partial charge in [0.15, 0.2) is 17.0 Å². The number of rotatable bonds is 11. The second-order valence-corrected chi connectivity index (χ2v) is 9.34. The molecular formula is C18H27N5O9P-. The Bertz CT molecular complexity index is 1010. The summed E-state index contributed by atoms with van der Waals surface area (Å²) in [7, 11) is -4.20. The van der Waals surface area contributed by atoms with E-state index in [2.05, 4.69) is 24.2 Å². The zero-order valence-electron chi connectivity index (χ0n) is 18.9. The fourth-order valence-corrected chi connectivity index (χ4v) is 3.43. The third-order valence-electron chi connectivity index (χ3n) is 4.06. The highest BCUT2D eigenvalue weighted by molar-refractivity contribution is 7.52. The molecule has 0 aromatic carbocycles. The van der Waals surface area contributed by atoms with Crippen molar-refractivity contribution in [2.75, 3.05) is 18.0 Å². The van der Waals surface area contributed by atoms with E-state index in [0.717, 1.165) is 4.90 Å². The fraction of sp³-hybridized carbons (Fsp3) is 0.611. The van der Waals surface area contributed by atoms with Crippen molar-refractivity contribution in [2.24, 2.45) is 0 Å². The number of carboxylic acid groups (broad SMARTS) is 1. The molecule has 0 saturated heterocycles. The molecule has 2 atom stereocenters. The van der Waals surface area contributed by atoms with Crippen LogP contribution in [-0.4, -0.2) is 68.1 Å². The Morgan fingerprint density at radius 1 is 1.21 bits per heavy atom. The number of ether oxygens (including phenoxy) is 3. The van der Waals surface area contributed by atoms with Crippen molar-refractivity contribution in [3.05, 3.63) is 12.7 Å². The minimum absolute atomic E-state index is 0.0894. The summed E-state index contributed by atoms with van der Waals surface area (Å²) >= 11 is 0. The summed E-state index contributed by atoms with van der Waals surface area (Å²) in [6, 6.07) is -0.435. The van der Waals surface area contributed by atoms with Gasteiger partial charge >= 0.3 is 13.8 Å². The highest BCUT2D eigenvalue weighted by atomic mass is 31.2. The van der Waals surface area contributed by atoms with Gasteiger partial charge in [0, 0.05) is 6.04 Å². The summed E-state index contributed by atoms with van der Waals surface area (Å²) in [5.74, 6) is 0.0894. The number of nitrogens with zero attached hydrogens (tertiary/aromatic N) is 5. The molecule has 33 heavy (non-hydrogen) atoms. The molecule has 1 unspecified atom stereocenters. The van der Waals surface area contributed by atoms with Crippen molar-refractivity contribution >= 4 is 36.8 Å². The zero-order valence-corrected chi connectivity index (χ0v) is 19.8. The van der Waals surface area contributed by atoms with Crippen LogP contribution in [0.15, 0.2) is 12.7 Å². The summed E-state index contributed by atoms with van der Waals surface area (Å²) in [4.78, 5) is 45.9. The number of anilines is 1. The molecule has 0 bridgehead atoms. The average Bonchev–Trinajstić information content (AvgIpc) is 3.09. The van der Waals surface area contributed by atoms with E-state index in [9.17, 15) is 24.2 Å². The number of hydrogen-bond donors (Lipinski definition) is 1. The average molecular weight is 488 g/mol. The van der Waals surface area contributed by atoms with Crippen LogP contribution in [0.2, 0.25) is 0 Å². The number of aromatic nitrogens is 4. The minimum atomic E-state index is -4.20. The maximum absolute atomic E-state index is 12.1. The van der Waals surface area contributed by atoms with Crippen LogP contribution in [0.25, 0.3) is 11.2 Å². The lowest BCUT2D eigenvalue weighted by Gasteiger charge is -2.27. The topological polar surface area (TPSA) is 178 Å². The Morgan fingerprint density at radius 2 is 1.91 bits per heavy atom. The van der Waals surface area contributed by atoms with Gasteiger partial charge in [-0.1, -0.05) is 0 Å². The molecule has 0 saturated carbocycles. The number of amides is 1. The molecule has 0 spiro atoms. The second-order valence-electron chi connectivity index (χ2n) is 7.55. The van der Waals surface area contributed by atoms with Crippen molar-refractivity contribution in [3.63, 3.8) is 0 Å². The fourth-order valence-electron chi connectivity index (χ4n) is 2.69. The highest BCUT2D eigenvalue weighted by Gasteiger charge is 2.24. The van der Waals surface area contributed by atoms with Crippen LogP contribution in [0.3, 0.4) is 0 Å². The SMILES string of the molecule is CC(C)OC(=O)OCOP(=O)(O)CO[C@H](C)Cn1cnc2c(N(C(=O)[O-])C(C)C)ncnc21. The number of carbonyl (C=O) groups excluding carboxylic acids is 2. The standard InChI is InChI=1S/C18H28N5O9P/c1-11(2)23(17(24)25)16-14-15(19-7-20-16)22(8-21-14)6-13(5)30-10-33(27,28)31-9-29-18(26)32-12(3)4/h7-8,11-13H,6,9-10H2,1-5H3,(H,24,25)(H,27,28)/p-1/t13-/m1/s1. The Hall–Kier alpha value is -2.80. The van der Waals surface area contributed by atoms with Crippen molar-refractivity contribution in [1.82, 2.24) is 19.5 Å². The van der Waals surface area contributed by atoms with E-state index in [-0.39, 0.29) is 17.9 Å². The summed E-state index contributed by atoms with van der Waals surface area (Å²) < 4.78 is 33.0. The van der Waals surface area contributed by atoms with Crippen LogP contribution in [0, 0.1) is 0 Å². The van der Waals surface area contributed by atoms with E-state index in [1.165, 1.54) is 12.7 Å². The quantitative estimate of drug-likeness (QED) is 0.274. The largest absolute Gasteiger partial charge is 0.530 e. The first-order valence-corrected chi connectivity index (χ1v) is 11.7. The van der Waals surface area contributed by atoms with Gasteiger partial charge in [-0.2, -0.15) is 0 Å². The van der Waals surface area contributed by atoms with Gasteiger partial charge in [0.05, 0.1) is 25.1 Å². The van der Waals surface area contributed by atoms with Crippen LogP contribution >= 0.6 is 7.60 Å². The molecule has 15 heteroatoms. The van der Waals surface area contributed by atoms with Crippen LogP contribution in [0.1, 0.15) is 34.6 Å². The first-order chi connectivity index (χ1) is 15.4. The van der Waals surface area contributed by atoms with E-state index < -0.39 is 51.2 Å². The van der Waals surface area contributed by atoms with Crippen molar-refractivity contribution < 1.29 is 42.9 Å². The molecular weight excluding hydrogens is 461 g/mol. The van der Waals surface area contributed by atoms with Gasteiger partial charge in [-0.3, -0.25) is 9.09 Å². The summed E-state index contributed by atoms with van der Waals surface area (Å²) in [6.45, 7) is 7.63. The Balaban J connectivity index is 1.97. The van der Waals surface area contributed by atoms with Crippen molar-refractivity contribution in [2.45, 2.75) is 59.4 Å². The van der Waals surface area contributed by atoms with Crippen LogP contribution in [0.5, 0.6) is 0 Å². The maximum atomic E-state index is 12.1. The van der Waals surface area contributed by atoms with Gasteiger partial charge in [-0.15, -0.1) is 0 Å². The lowest BCUT2D eigenvalue weighted by Crippen LogP contribution is -2.46. The van der Waals surface area contributed by atoms with Gasteiger partial charge in [-0.05, 0) is 34.6 Å². The number of fused-ring (bicyclic) bond motifs is 1. The number of imidazole rings is 1. The summed E-state index contributed by atoms with van der Waals surface area (Å²) in [6.07, 6.45) is -1.45. The molecule has 184 valence electrons. The molecule has 0 fully saturated rings. The predicted molar refractivity (Wildman–Crippen MR) is 112 cm³/mol. The van der Waals surface area contributed by atoms with Crippen LogP contribution in [-0.2, 0) is 29.8 Å². The lowest BCUT2D eigenvalue weighted by atomic mass is 10.3. The van der Waals surface area contributed by atoms with E-state index >= 15 is 0 Å². The monoisotopic (exact) mass is 488 g/mol. The molecule has 0 aliphatic rings. The van der Waals surface area contributed by atoms with Gasteiger partial charge in [-0.25, -0.2) is 19.7 Å². The third kappa shape index (κ3) is 7.63. The summed E-state index contributed by atoms with van der Waals surface area (Å²) in [5, 5.41) is 11.5. The molecule has 0 aliphatic carbocycles. The molecule has 0 aliphatic heterocycles. The number of hydrogen-bond acceptors (Lipinski definition) is 11. The predicted octanol–water partition coefficient (Wildman–Crippen LogP) is 1.47. The van der Waals surface area contributed by atoms with E-state index in [1.54, 1.807) is 39.2 Å². The molecule has 0 radical (unpaired) electrons. The Labute approximate surface area is 190 Å². The van der Waals surface area contributed by atoms with Crippen molar-refractivity contribution in [3.8, 4) is 0 Å². The van der Waals surface area contributed by atoms with Crippen LogP contribution in [0.4, 0.5) is 15.4 Å². The smallest absolute Gasteiger partial charge is 0.510 e. The van der Waals surface area contributed by atoms with Gasteiger partial charge in [0.2, 0.25) is 6.79 Å². The zero-order chi connectivity index (χ0) is 24.8. The van der Waals surface area contributed by atoms with Gasteiger partial charge < -0.3 is 38.5 Å². The maximum Gasteiger partial charge on any atom is 0.510 e. The molecule has 2 aromatic rings. The highest BCUT2D eigenvalue weighted by Crippen LogP contribution is 2.42. The summed E-state index contributed by atoms with van der Waals surface area (Å²) in [5.41, 5.74) is 0.604. The first kappa shape index (κ1) is 26.5. The second kappa shape index (κ2) is 11.4. The van der Waals surface area contributed by atoms with E-state index in [0.29, 0.717) is 5.65 Å². The lowest BCUT2D eigenvalue weighted by molar-refractivity contribution is -0.247. The Morgan fingerprint density at radius 3 is 2.52 bits per heavy atom. The molecule has 1 N–H and O–H groups in total. The molecule has 14 nitrogen and oxygen atoms in total. The minimum Gasteiger partial charge on any atom is -0.530 e. The molecule has 2 rings (SSSR count). The van der Waals surface area contributed by atoms with E-state index in [4.69, 9.17) is 9.47 Å². The third-order valence-corrected chi connectivity index (χ3v) is 5.05. The normalized spacial score (nSPS) is 14.3. The Kier molecular flexibility index (Phi) is 9.11. The van der Waals surface area contributed by atoms with Gasteiger partial charge in [0.25, 0.3) is 0 Å².